The van der Waals surface area contributed by atoms with Crippen molar-refractivity contribution in [1.82, 2.24) is 4.90 Å². The quantitative estimate of drug-likeness (QED) is 0.868. The van der Waals surface area contributed by atoms with Gasteiger partial charge in [0, 0.05) is 13.1 Å². The van der Waals surface area contributed by atoms with E-state index in [2.05, 4.69) is 13.8 Å². The summed E-state index contributed by atoms with van der Waals surface area (Å²) in [6.45, 7) is 5.93. The van der Waals surface area contributed by atoms with Crippen LogP contribution in [0.3, 0.4) is 0 Å². The number of nitrogens with two attached hydrogens (primary N) is 1. The highest BCUT2D eigenvalue weighted by Gasteiger charge is 2.33. The number of rotatable bonds is 3. The van der Waals surface area contributed by atoms with Crippen molar-refractivity contribution in [2.45, 2.75) is 32.7 Å². The van der Waals surface area contributed by atoms with Crippen LogP contribution in [-0.4, -0.2) is 35.0 Å². The van der Waals surface area contributed by atoms with E-state index in [1.165, 1.54) is 0 Å². The average Bonchev–Trinajstić information content (AvgIpc) is 2.71. The molecule has 0 spiro atoms. The molecular formula is C15H22N2O2. The molecule has 0 aromatic heterocycles. The summed E-state index contributed by atoms with van der Waals surface area (Å²) in [4.78, 5) is 14.1. The Balaban J connectivity index is 1.94. The van der Waals surface area contributed by atoms with E-state index in [1.54, 1.807) is 24.3 Å². The van der Waals surface area contributed by atoms with Crippen LogP contribution in [-0.2, 0) is 11.2 Å². The third-order valence-corrected chi connectivity index (χ3v) is 3.70. The molecule has 4 heteroatoms. The Bertz CT molecular complexity index is 454. The van der Waals surface area contributed by atoms with Crippen molar-refractivity contribution >= 4 is 5.91 Å². The first-order chi connectivity index (χ1) is 8.87. The van der Waals surface area contributed by atoms with Gasteiger partial charge in [0.15, 0.2) is 0 Å². The molecule has 1 heterocycles. The Hall–Kier alpha value is -1.55. The first kappa shape index (κ1) is 13.9. The molecule has 1 unspecified atom stereocenters. The lowest BCUT2D eigenvalue weighted by Gasteiger charge is -2.23. The summed E-state index contributed by atoms with van der Waals surface area (Å²) >= 11 is 0. The van der Waals surface area contributed by atoms with E-state index in [0.29, 0.717) is 6.42 Å². The van der Waals surface area contributed by atoms with E-state index >= 15 is 0 Å². The molecule has 2 rings (SSSR count). The van der Waals surface area contributed by atoms with E-state index in [1.807, 2.05) is 4.90 Å². The number of amides is 1. The number of aromatic hydroxyl groups is 1. The van der Waals surface area contributed by atoms with Crippen LogP contribution in [0.25, 0.3) is 0 Å². The molecule has 1 saturated heterocycles. The molecular weight excluding hydrogens is 240 g/mol. The van der Waals surface area contributed by atoms with Gasteiger partial charge < -0.3 is 15.7 Å². The number of carbonyl (C=O) groups excluding carboxylic acids is 1. The van der Waals surface area contributed by atoms with Crippen molar-refractivity contribution in [3.63, 3.8) is 0 Å². The van der Waals surface area contributed by atoms with Gasteiger partial charge in [-0.25, -0.2) is 0 Å². The Kier molecular flexibility index (Phi) is 3.80. The smallest absolute Gasteiger partial charge is 0.239 e. The van der Waals surface area contributed by atoms with Crippen LogP contribution in [0.4, 0.5) is 0 Å². The van der Waals surface area contributed by atoms with E-state index in [-0.39, 0.29) is 17.1 Å². The van der Waals surface area contributed by atoms with Gasteiger partial charge in [0.1, 0.15) is 5.75 Å². The topological polar surface area (TPSA) is 66.6 Å². The van der Waals surface area contributed by atoms with Gasteiger partial charge in [-0.15, -0.1) is 0 Å². The van der Waals surface area contributed by atoms with Crippen molar-refractivity contribution in [1.29, 1.82) is 0 Å². The summed E-state index contributed by atoms with van der Waals surface area (Å²) in [7, 11) is 0. The van der Waals surface area contributed by atoms with Crippen molar-refractivity contribution in [3.8, 4) is 5.75 Å². The highest BCUT2D eigenvalue weighted by Crippen LogP contribution is 2.29. The first-order valence-corrected chi connectivity index (χ1v) is 6.70. The minimum atomic E-state index is -0.501. The summed E-state index contributed by atoms with van der Waals surface area (Å²) in [5, 5.41) is 9.22. The van der Waals surface area contributed by atoms with Crippen LogP contribution >= 0.6 is 0 Å². The molecule has 0 bridgehead atoms. The summed E-state index contributed by atoms with van der Waals surface area (Å²) in [5.41, 5.74) is 7.17. The second-order valence-corrected chi connectivity index (χ2v) is 6.15. The van der Waals surface area contributed by atoms with Crippen LogP contribution < -0.4 is 5.73 Å². The molecule has 1 aliphatic heterocycles. The monoisotopic (exact) mass is 262 g/mol. The molecule has 3 N–H and O–H groups in total. The zero-order valence-corrected chi connectivity index (χ0v) is 11.6. The molecule has 104 valence electrons. The minimum Gasteiger partial charge on any atom is -0.508 e. The maximum absolute atomic E-state index is 12.3. The lowest BCUT2D eigenvalue weighted by Crippen LogP contribution is -2.44. The molecule has 1 atom stereocenters. The fourth-order valence-corrected chi connectivity index (χ4v) is 2.51. The minimum absolute atomic E-state index is 0.0265. The molecule has 4 nitrogen and oxygen atoms in total. The third kappa shape index (κ3) is 3.47. The number of benzene rings is 1. The zero-order valence-electron chi connectivity index (χ0n) is 11.6. The zero-order chi connectivity index (χ0) is 14.0. The first-order valence-electron chi connectivity index (χ1n) is 6.70. The largest absolute Gasteiger partial charge is 0.508 e. The maximum Gasteiger partial charge on any atom is 0.239 e. The number of hydrogen-bond donors (Lipinski definition) is 2. The molecule has 1 aliphatic rings. The molecule has 1 fully saturated rings. The molecule has 1 amide bonds. The highest BCUT2D eigenvalue weighted by atomic mass is 16.3. The van der Waals surface area contributed by atoms with E-state index in [9.17, 15) is 9.90 Å². The Morgan fingerprint density at radius 1 is 1.42 bits per heavy atom. The van der Waals surface area contributed by atoms with Gasteiger partial charge in [-0.1, -0.05) is 26.0 Å². The highest BCUT2D eigenvalue weighted by molar-refractivity contribution is 5.82. The standard InChI is InChI=1S/C15H22N2O2/c1-15(2)7-8-17(10-15)14(19)13(16)9-11-3-5-12(18)6-4-11/h3-6,13,18H,7-10,16H2,1-2H3. The third-order valence-electron chi connectivity index (χ3n) is 3.70. The maximum atomic E-state index is 12.3. The number of carbonyl (C=O) groups is 1. The summed E-state index contributed by atoms with van der Waals surface area (Å²) in [5.74, 6) is 0.253. The second-order valence-electron chi connectivity index (χ2n) is 6.15. The van der Waals surface area contributed by atoms with Crippen molar-refractivity contribution in [2.24, 2.45) is 11.1 Å². The van der Waals surface area contributed by atoms with Gasteiger partial charge in [-0.05, 0) is 36.0 Å². The van der Waals surface area contributed by atoms with Crippen molar-refractivity contribution < 1.29 is 9.90 Å². The summed E-state index contributed by atoms with van der Waals surface area (Å²) < 4.78 is 0. The summed E-state index contributed by atoms with van der Waals surface area (Å²) in [6.07, 6.45) is 1.54. The number of phenolic OH excluding ortho intramolecular Hbond substituents is 1. The number of nitrogens with zero attached hydrogens (tertiary/aromatic N) is 1. The lowest BCUT2D eigenvalue weighted by molar-refractivity contribution is -0.131. The van der Waals surface area contributed by atoms with Crippen LogP contribution in [0.15, 0.2) is 24.3 Å². The van der Waals surface area contributed by atoms with Crippen LogP contribution in [0, 0.1) is 5.41 Å². The normalized spacial score (nSPS) is 19.4. The van der Waals surface area contributed by atoms with Crippen LogP contribution in [0.2, 0.25) is 0 Å². The van der Waals surface area contributed by atoms with Crippen molar-refractivity contribution in [3.05, 3.63) is 29.8 Å². The lowest BCUT2D eigenvalue weighted by atomic mass is 9.93. The molecule has 19 heavy (non-hydrogen) atoms. The predicted octanol–water partition coefficient (Wildman–Crippen LogP) is 1.52. The fourth-order valence-electron chi connectivity index (χ4n) is 2.51. The fraction of sp³-hybridized carbons (Fsp3) is 0.533. The van der Waals surface area contributed by atoms with Gasteiger partial charge >= 0.3 is 0 Å². The van der Waals surface area contributed by atoms with E-state index < -0.39 is 6.04 Å². The number of likely N-dealkylation sites (tertiary alicyclic amines) is 1. The van der Waals surface area contributed by atoms with Gasteiger partial charge in [0.2, 0.25) is 5.91 Å². The Labute approximate surface area is 114 Å². The van der Waals surface area contributed by atoms with Gasteiger partial charge in [0.05, 0.1) is 6.04 Å². The second kappa shape index (κ2) is 5.21. The van der Waals surface area contributed by atoms with Crippen LogP contribution in [0.5, 0.6) is 5.75 Å². The number of phenols is 1. The van der Waals surface area contributed by atoms with Crippen LogP contribution in [0.1, 0.15) is 25.8 Å². The Morgan fingerprint density at radius 2 is 2.05 bits per heavy atom. The molecule has 1 aromatic rings. The molecule has 1 aromatic carbocycles. The van der Waals surface area contributed by atoms with E-state index in [0.717, 1.165) is 25.1 Å². The van der Waals surface area contributed by atoms with Gasteiger partial charge in [-0.3, -0.25) is 4.79 Å². The van der Waals surface area contributed by atoms with E-state index in [4.69, 9.17) is 5.73 Å². The summed E-state index contributed by atoms with van der Waals surface area (Å²) in [6, 6.07) is 6.34. The average molecular weight is 262 g/mol. The van der Waals surface area contributed by atoms with Crippen molar-refractivity contribution in [2.75, 3.05) is 13.1 Å². The predicted molar refractivity (Wildman–Crippen MR) is 74.8 cm³/mol. The molecule has 0 radical (unpaired) electrons. The molecule has 0 aliphatic carbocycles. The SMILES string of the molecule is CC1(C)CCN(C(=O)C(N)Cc2ccc(O)cc2)C1. The Morgan fingerprint density at radius 3 is 2.58 bits per heavy atom. The molecule has 0 saturated carbocycles. The van der Waals surface area contributed by atoms with Gasteiger partial charge in [-0.2, -0.15) is 0 Å². The number of hydrogen-bond acceptors (Lipinski definition) is 3. The van der Waals surface area contributed by atoms with Gasteiger partial charge in [0.25, 0.3) is 0 Å².